The van der Waals surface area contributed by atoms with E-state index >= 15 is 0 Å². The zero-order chi connectivity index (χ0) is 17.4. The average molecular weight is 420 g/mol. The molecule has 1 aliphatic heterocycles. The molecule has 1 saturated heterocycles. The summed E-state index contributed by atoms with van der Waals surface area (Å²) in [6.45, 7) is 0. The smallest absolute Gasteiger partial charge is 0.127 e. The molecule has 130 valence electrons. The number of phenolic OH excluding ortho intramolecular Hbond substituents is 1. The first-order chi connectivity index (χ1) is 10.3. The van der Waals surface area contributed by atoms with Crippen LogP contribution in [0.15, 0.2) is 36.4 Å². The number of hydrogen-bond acceptors (Lipinski definition) is 1. The summed E-state index contributed by atoms with van der Waals surface area (Å²) in [5, 5.41) is 12.4. The van der Waals surface area contributed by atoms with E-state index in [1.54, 1.807) is 0 Å². The molecule has 1 atom stereocenters. The molecule has 9 heteroatoms. The number of thiol groups is 1. The predicted molar refractivity (Wildman–Crippen MR) is 83.9 cm³/mol. The van der Waals surface area contributed by atoms with Crippen LogP contribution in [0.3, 0.4) is 0 Å². The van der Waals surface area contributed by atoms with Crippen LogP contribution < -0.4 is 0 Å². The molecular weight excluding hydrogens is 405 g/mol. The summed E-state index contributed by atoms with van der Waals surface area (Å²) in [5.41, 5.74) is 1.14. The molecule has 2 aromatic carbocycles. The van der Waals surface area contributed by atoms with Crippen molar-refractivity contribution in [2.75, 3.05) is 11.5 Å². The molecule has 0 spiro atoms. The van der Waals surface area contributed by atoms with Crippen molar-refractivity contribution in [2.24, 2.45) is 0 Å². The van der Waals surface area contributed by atoms with Crippen LogP contribution in [0.1, 0.15) is 17.9 Å². The second-order valence-electron chi connectivity index (χ2n) is 5.30. The Hall–Kier alpha value is -1.01. The van der Waals surface area contributed by atoms with Gasteiger partial charge in [-0.3, -0.25) is 0 Å². The monoisotopic (exact) mass is 420 g/mol. The molecule has 0 aliphatic carbocycles. The van der Waals surface area contributed by atoms with Gasteiger partial charge in [-0.1, -0.05) is 36.4 Å². The summed E-state index contributed by atoms with van der Waals surface area (Å²) in [6, 6.07) is 12.3. The molecule has 23 heavy (non-hydrogen) atoms. The van der Waals surface area contributed by atoms with Gasteiger partial charge in [0.2, 0.25) is 0 Å². The van der Waals surface area contributed by atoms with E-state index in [0.717, 1.165) is 16.3 Å². The van der Waals surface area contributed by atoms with Crippen molar-refractivity contribution in [2.45, 2.75) is 12.3 Å². The first-order valence-corrected chi connectivity index (χ1v) is 12.2. The van der Waals surface area contributed by atoms with Gasteiger partial charge >= 0.3 is 35.0 Å². The summed E-state index contributed by atoms with van der Waals surface area (Å²) >= 11 is -9.53. The summed E-state index contributed by atoms with van der Waals surface area (Å²) in [5.74, 6) is 3.54. The second-order valence-corrected chi connectivity index (χ2v) is 10.6. The molecule has 0 saturated carbocycles. The molecule has 1 N–H and O–H groups in total. The summed E-state index contributed by atoms with van der Waals surface area (Å²) in [7, 11) is 0. The van der Waals surface area contributed by atoms with E-state index in [9.17, 15) is 25.9 Å². The fraction of sp³-hybridized carbons (Fsp3) is 0.286. The molecule has 1 heterocycles. The molecule has 0 aromatic heterocycles. The normalized spacial score (nSPS) is 21.2. The minimum Gasteiger partial charge on any atom is -0.507 e. The quantitative estimate of drug-likeness (QED) is 0.299. The van der Waals surface area contributed by atoms with E-state index < -0.39 is 14.2 Å². The first kappa shape index (κ1) is 18.3. The van der Waals surface area contributed by atoms with Crippen LogP contribution in [0.2, 0.25) is 0 Å². The molecule has 0 amide bonds. The van der Waals surface area contributed by atoms with Crippen LogP contribution in [-0.2, 0) is 11.8 Å². The molecule has 3 rings (SSSR count). The van der Waals surface area contributed by atoms with Crippen molar-refractivity contribution in [3.63, 3.8) is 0 Å². The Labute approximate surface area is 134 Å². The number of aromatic hydroxyl groups is 1. The maximum absolute atomic E-state index is 11.1. The van der Waals surface area contributed by atoms with Crippen LogP contribution in [0, 0.1) is 0 Å². The molecule has 1 unspecified atom stereocenters. The number of hydrogen-bond donors (Lipinski definition) is 1. The third kappa shape index (κ3) is 6.55. The Morgan fingerprint density at radius 3 is 2.13 bits per heavy atom. The maximum atomic E-state index is 10.3. The zero-order valence-corrected chi connectivity index (χ0v) is 14.5. The largest absolute Gasteiger partial charge is 0.507 e. The fourth-order valence-corrected chi connectivity index (χ4v) is 3.81. The van der Waals surface area contributed by atoms with Gasteiger partial charge in [0.15, 0.2) is 0 Å². The van der Waals surface area contributed by atoms with Crippen molar-refractivity contribution in [3.8, 4) is 5.75 Å². The first-order valence-electron chi connectivity index (χ1n) is 6.71. The topological polar surface area (TPSA) is 20.2 Å². The van der Waals surface area contributed by atoms with Crippen molar-refractivity contribution in [1.29, 1.82) is 0 Å². The Balaban J connectivity index is 0.000000236. The van der Waals surface area contributed by atoms with Gasteiger partial charge in [-0.05, 0) is 17.1 Å². The predicted octanol–water partition coefficient (Wildman–Crippen LogP) is 4.99. The third-order valence-corrected chi connectivity index (χ3v) is 4.63. The van der Waals surface area contributed by atoms with Gasteiger partial charge in [-0.2, -0.15) is 0 Å². The van der Waals surface area contributed by atoms with Crippen LogP contribution in [0.4, 0.5) is 20.8 Å². The minimum atomic E-state index is -11.1. The maximum Gasteiger partial charge on any atom is 0.127 e. The second kappa shape index (κ2) is 5.52. The van der Waals surface area contributed by atoms with Crippen molar-refractivity contribution < 1.29 is 25.9 Å². The Kier molecular flexibility index (Phi) is 4.40. The van der Waals surface area contributed by atoms with Gasteiger partial charge in [0.25, 0.3) is 0 Å². The standard InChI is InChI=1S/C14H14OS.AsF6/c15-14-12-4-2-1-3-10(12)5-6-13(14)11-7-8-16-9-11;2-1(3,4,5,6)7/h1-6,11,15H,7-9H2;/q;-1/p+1. The van der Waals surface area contributed by atoms with E-state index in [-0.39, 0.29) is 0 Å². The number of rotatable bonds is 1. The molecule has 1 aliphatic rings. The van der Waals surface area contributed by atoms with Gasteiger partial charge in [0, 0.05) is 23.3 Å². The van der Waals surface area contributed by atoms with Crippen molar-refractivity contribution >= 4 is 36.7 Å². The van der Waals surface area contributed by atoms with Crippen LogP contribution >= 0.6 is 0 Å². The average Bonchev–Trinajstić information content (AvgIpc) is 2.89. The minimum absolute atomic E-state index is 0.500. The van der Waals surface area contributed by atoms with E-state index in [1.165, 1.54) is 29.7 Å². The fourth-order valence-electron chi connectivity index (χ4n) is 2.44. The number of phenols is 1. The Morgan fingerprint density at radius 1 is 0.957 bits per heavy atom. The van der Waals surface area contributed by atoms with Crippen molar-refractivity contribution in [3.05, 3.63) is 42.0 Å². The summed E-state index contributed by atoms with van der Waals surface area (Å²) in [4.78, 5) is 0. The number of benzene rings is 2. The zero-order valence-electron chi connectivity index (χ0n) is 11.8. The van der Waals surface area contributed by atoms with Gasteiger partial charge < -0.3 is 5.11 Å². The van der Waals surface area contributed by atoms with Gasteiger partial charge in [-0.25, -0.2) is 0 Å². The SMILES string of the molecule is F[As-](F)(F)(F)(F)F.Oc1c(C2CC[SH+]C2)ccc2ccccc12. The van der Waals surface area contributed by atoms with Crippen LogP contribution in [0.25, 0.3) is 10.8 Å². The molecule has 0 bridgehead atoms. The summed E-state index contributed by atoms with van der Waals surface area (Å²) in [6.07, 6.45) is 1.22. The van der Waals surface area contributed by atoms with Crippen LogP contribution in [-0.4, -0.2) is 30.8 Å². The van der Waals surface area contributed by atoms with E-state index in [1.807, 2.05) is 24.3 Å². The molecular formula is C14H15AsF6OS. The Bertz CT molecular complexity index is 699. The van der Waals surface area contributed by atoms with E-state index in [2.05, 4.69) is 12.1 Å². The number of halogens is 6. The van der Waals surface area contributed by atoms with Gasteiger partial charge in [-0.15, -0.1) is 0 Å². The van der Waals surface area contributed by atoms with E-state index in [4.69, 9.17) is 0 Å². The third-order valence-electron chi connectivity index (χ3n) is 3.36. The summed E-state index contributed by atoms with van der Waals surface area (Å²) < 4.78 is 59.4. The van der Waals surface area contributed by atoms with Crippen LogP contribution in [0.5, 0.6) is 5.75 Å². The van der Waals surface area contributed by atoms with E-state index in [0.29, 0.717) is 11.7 Å². The molecule has 0 radical (unpaired) electrons. The molecule has 1 nitrogen and oxygen atoms in total. The number of fused-ring (bicyclic) bond motifs is 1. The van der Waals surface area contributed by atoms with Crippen molar-refractivity contribution in [1.82, 2.24) is 0 Å². The van der Waals surface area contributed by atoms with Gasteiger partial charge in [0.05, 0.1) is 0 Å². The molecule has 1 fully saturated rings. The van der Waals surface area contributed by atoms with Gasteiger partial charge in [0.1, 0.15) is 17.3 Å². The molecule has 2 aromatic rings. The Morgan fingerprint density at radius 2 is 1.57 bits per heavy atom.